The van der Waals surface area contributed by atoms with Crippen molar-refractivity contribution in [1.82, 2.24) is 0 Å². The number of ketones is 1. The Labute approximate surface area is 103 Å². The molecular formula is C12H10ClNOS. The first kappa shape index (κ1) is 11.2. The fraction of sp³-hybridized carbons (Fsp3) is 0.0833. The number of carbonyl (C=O) groups is 1. The zero-order valence-corrected chi connectivity index (χ0v) is 10.2. The van der Waals surface area contributed by atoms with Crippen LogP contribution in [0.15, 0.2) is 30.3 Å². The van der Waals surface area contributed by atoms with Gasteiger partial charge in [-0.05, 0) is 12.5 Å². The minimum atomic E-state index is -0.0706. The molecule has 0 aliphatic carbocycles. The van der Waals surface area contributed by atoms with E-state index in [0.29, 0.717) is 20.5 Å². The molecule has 0 radical (unpaired) electrons. The second kappa shape index (κ2) is 4.28. The SMILES string of the molecule is Cc1c(Cl)sc(N)c1C(=O)c1ccccc1. The van der Waals surface area contributed by atoms with Gasteiger partial charge in [-0.15, -0.1) is 11.3 Å². The summed E-state index contributed by atoms with van der Waals surface area (Å²) in [5.74, 6) is -0.0706. The fourth-order valence-corrected chi connectivity index (χ4v) is 2.66. The summed E-state index contributed by atoms with van der Waals surface area (Å²) in [7, 11) is 0. The Morgan fingerprint density at radius 1 is 1.31 bits per heavy atom. The zero-order valence-electron chi connectivity index (χ0n) is 8.66. The molecular weight excluding hydrogens is 242 g/mol. The number of benzene rings is 1. The molecule has 0 atom stereocenters. The quantitative estimate of drug-likeness (QED) is 0.830. The molecule has 1 aromatic carbocycles. The van der Waals surface area contributed by atoms with Crippen molar-refractivity contribution >= 4 is 33.7 Å². The number of nitrogens with two attached hydrogens (primary N) is 1. The maximum Gasteiger partial charge on any atom is 0.196 e. The number of nitrogen functional groups attached to an aromatic ring is 1. The van der Waals surface area contributed by atoms with Gasteiger partial charge in [0.15, 0.2) is 5.78 Å². The van der Waals surface area contributed by atoms with E-state index in [1.807, 2.05) is 25.1 Å². The number of halogens is 1. The van der Waals surface area contributed by atoms with Crippen LogP contribution in [0.2, 0.25) is 4.34 Å². The van der Waals surface area contributed by atoms with Crippen LogP contribution >= 0.6 is 22.9 Å². The minimum absolute atomic E-state index is 0.0706. The van der Waals surface area contributed by atoms with E-state index in [4.69, 9.17) is 17.3 Å². The van der Waals surface area contributed by atoms with E-state index in [1.54, 1.807) is 12.1 Å². The highest BCUT2D eigenvalue weighted by molar-refractivity contribution is 7.20. The van der Waals surface area contributed by atoms with E-state index >= 15 is 0 Å². The monoisotopic (exact) mass is 251 g/mol. The van der Waals surface area contributed by atoms with Gasteiger partial charge in [0.05, 0.1) is 14.9 Å². The van der Waals surface area contributed by atoms with Crippen LogP contribution in [0.5, 0.6) is 0 Å². The maximum atomic E-state index is 12.2. The molecule has 16 heavy (non-hydrogen) atoms. The first-order valence-corrected chi connectivity index (χ1v) is 5.95. The molecule has 2 N–H and O–H groups in total. The van der Waals surface area contributed by atoms with Gasteiger partial charge >= 0.3 is 0 Å². The van der Waals surface area contributed by atoms with Crippen LogP contribution in [0, 0.1) is 6.92 Å². The second-order valence-electron chi connectivity index (χ2n) is 3.44. The molecule has 0 saturated carbocycles. The highest BCUT2D eigenvalue weighted by Crippen LogP contribution is 2.35. The highest BCUT2D eigenvalue weighted by atomic mass is 35.5. The molecule has 0 aliphatic heterocycles. The number of anilines is 1. The standard InChI is InChI=1S/C12H10ClNOS/c1-7-9(12(14)16-11(7)13)10(15)8-5-3-2-4-6-8/h2-6H,14H2,1H3. The van der Waals surface area contributed by atoms with Gasteiger partial charge < -0.3 is 5.73 Å². The predicted molar refractivity (Wildman–Crippen MR) is 68.4 cm³/mol. The van der Waals surface area contributed by atoms with Crippen molar-refractivity contribution in [3.05, 3.63) is 51.4 Å². The average Bonchev–Trinajstić information content (AvgIpc) is 2.54. The van der Waals surface area contributed by atoms with E-state index in [0.717, 1.165) is 5.56 Å². The van der Waals surface area contributed by atoms with Gasteiger partial charge in [-0.3, -0.25) is 4.79 Å². The van der Waals surface area contributed by atoms with Gasteiger partial charge in [0, 0.05) is 5.56 Å². The van der Waals surface area contributed by atoms with Crippen molar-refractivity contribution in [3.8, 4) is 0 Å². The van der Waals surface area contributed by atoms with E-state index in [9.17, 15) is 4.79 Å². The Balaban J connectivity index is 2.50. The Morgan fingerprint density at radius 3 is 2.44 bits per heavy atom. The lowest BCUT2D eigenvalue weighted by molar-refractivity contribution is 0.103. The molecule has 0 saturated heterocycles. The molecule has 0 spiro atoms. The summed E-state index contributed by atoms with van der Waals surface area (Å²) < 4.78 is 0.580. The molecule has 0 fully saturated rings. The average molecular weight is 252 g/mol. The zero-order chi connectivity index (χ0) is 11.7. The Morgan fingerprint density at radius 2 is 1.94 bits per heavy atom. The topological polar surface area (TPSA) is 43.1 Å². The molecule has 1 aromatic heterocycles. The molecule has 82 valence electrons. The lowest BCUT2D eigenvalue weighted by Gasteiger charge is -2.01. The van der Waals surface area contributed by atoms with Crippen molar-refractivity contribution in [1.29, 1.82) is 0 Å². The third-order valence-corrected chi connectivity index (χ3v) is 3.80. The first-order valence-electron chi connectivity index (χ1n) is 4.75. The third kappa shape index (κ3) is 1.84. The van der Waals surface area contributed by atoms with E-state index in [2.05, 4.69) is 0 Å². The van der Waals surface area contributed by atoms with Crippen LogP contribution < -0.4 is 5.73 Å². The summed E-state index contributed by atoms with van der Waals surface area (Å²) in [4.78, 5) is 12.2. The number of carbonyl (C=O) groups excluding carboxylic acids is 1. The van der Waals surface area contributed by atoms with Gasteiger partial charge in [-0.25, -0.2) is 0 Å². The summed E-state index contributed by atoms with van der Waals surface area (Å²) in [6.45, 7) is 1.81. The second-order valence-corrected chi connectivity index (χ2v) is 5.09. The number of thiophene rings is 1. The Kier molecular flexibility index (Phi) is 2.99. The molecule has 2 aromatic rings. The summed E-state index contributed by atoms with van der Waals surface area (Å²) in [6, 6.07) is 9.06. The van der Waals surface area contributed by atoms with Crippen LogP contribution in [0.4, 0.5) is 5.00 Å². The molecule has 0 bridgehead atoms. The number of rotatable bonds is 2. The minimum Gasteiger partial charge on any atom is -0.390 e. The van der Waals surface area contributed by atoms with Crippen molar-refractivity contribution in [2.24, 2.45) is 0 Å². The Bertz CT molecular complexity index is 533. The molecule has 1 heterocycles. The van der Waals surface area contributed by atoms with Crippen LogP contribution in [-0.2, 0) is 0 Å². The van der Waals surface area contributed by atoms with Gasteiger partial charge in [0.25, 0.3) is 0 Å². The highest BCUT2D eigenvalue weighted by Gasteiger charge is 2.19. The van der Waals surface area contributed by atoms with Crippen LogP contribution in [0.1, 0.15) is 21.5 Å². The summed E-state index contributed by atoms with van der Waals surface area (Å²) in [6.07, 6.45) is 0. The molecule has 2 rings (SSSR count). The smallest absolute Gasteiger partial charge is 0.196 e. The van der Waals surface area contributed by atoms with Crippen molar-refractivity contribution in [2.75, 3.05) is 5.73 Å². The summed E-state index contributed by atoms with van der Waals surface area (Å²) in [5.41, 5.74) is 7.72. The molecule has 0 unspecified atom stereocenters. The number of hydrogen-bond donors (Lipinski definition) is 1. The van der Waals surface area contributed by atoms with E-state index in [1.165, 1.54) is 11.3 Å². The number of hydrogen-bond acceptors (Lipinski definition) is 3. The largest absolute Gasteiger partial charge is 0.390 e. The molecule has 4 heteroatoms. The normalized spacial score (nSPS) is 10.4. The first-order chi connectivity index (χ1) is 7.61. The van der Waals surface area contributed by atoms with Gasteiger partial charge in [-0.2, -0.15) is 0 Å². The van der Waals surface area contributed by atoms with Crippen molar-refractivity contribution in [2.45, 2.75) is 6.92 Å². The fourth-order valence-electron chi connectivity index (χ4n) is 1.52. The summed E-state index contributed by atoms with van der Waals surface area (Å²) in [5, 5.41) is 0.483. The van der Waals surface area contributed by atoms with Gasteiger partial charge in [-0.1, -0.05) is 41.9 Å². The van der Waals surface area contributed by atoms with Crippen molar-refractivity contribution < 1.29 is 4.79 Å². The van der Waals surface area contributed by atoms with E-state index in [-0.39, 0.29) is 5.78 Å². The molecule has 0 aliphatic rings. The van der Waals surface area contributed by atoms with Crippen molar-refractivity contribution in [3.63, 3.8) is 0 Å². The van der Waals surface area contributed by atoms with Gasteiger partial charge in [0.1, 0.15) is 0 Å². The third-order valence-electron chi connectivity index (χ3n) is 2.38. The lowest BCUT2D eigenvalue weighted by Crippen LogP contribution is -2.04. The predicted octanol–water partition coefficient (Wildman–Crippen LogP) is 3.52. The van der Waals surface area contributed by atoms with Gasteiger partial charge in [0.2, 0.25) is 0 Å². The summed E-state index contributed by atoms with van der Waals surface area (Å²) >= 11 is 7.19. The molecule has 2 nitrogen and oxygen atoms in total. The van der Waals surface area contributed by atoms with Crippen LogP contribution in [0.25, 0.3) is 0 Å². The maximum absolute atomic E-state index is 12.2. The van der Waals surface area contributed by atoms with Crippen LogP contribution in [-0.4, -0.2) is 5.78 Å². The molecule has 0 amide bonds. The van der Waals surface area contributed by atoms with E-state index < -0.39 is 0 Å². The lowest BCUT2D eigenvalue weighted by atomic mass is 10.0. The van der Waals surface area contributed by atoms with Crippen LogP contribution in [0.3, 0.4) is 0 Å². The Hall–Kier alpha value is -1.32.